The van der Waals surface area contributed by atoms with Crippen LogP contribution in [-0.2, 0) is 14.4 Å². The summed E-state index contributed by atoms with van der Waals surface area (Å²) in [6.07, 6.45) is 2.61. The van der Waals surface area contributed by atoms with Crippen molar-refractivity contribution in [3.05, 3.63) is 29.8 Å². The van der Waals surface area contributed by atoms with Gasteiger partial charge in [-0.2, -0.15) is 0 Å². The van der Waals surface area contributed by atoms with E-state index in [4.69, 9.17) is 4.74 Å². The van der Waals surface area contributed by atoms with Crippen LogP contribution in [0.4, 0.5) is 0 Å². The van der Waals surface area contributed by atoms with Crippen molar-refractivity contribution in [1.29, 1.82) is 0 Å². The molecule has 0 spiro atoms. The highest BCUT2D eigenvalue weighted by molar-refractivity contribution is 5.87. The van der Waals surface area contributed by atoms with Gasteiger partial charge in [-0.05, 0) is 36.5 Å². The van der Waals surface area contributed by atoms with Crippen LogP contribution in [0.2, 0.25) is 0 Å². The number of hydrogen-bond donors (Lipinski definition) is 3. The number of carbonyl (C=O) groups excluding carboxylic acids is 2. The third kappa shape index (κ3) is 5.47. The van der Waals surface area contributed by atoms with Gasteiger partial charge in [-0.25, -0.2) is 0 Å². The average molecular weight is 362 g/mol. The van der Waals surface area contributed by atoms with E-state index in [1.54, 1.807) is 12.1 Å². The number of carbonyl (C=O) groups is 3. The van der Waals surface area contributed by atoms with Crippen LogP contribution in [0, 0.1) is 11.8 Å². The maximum atomic E-state index is 12.2. The number of benzene rings is 1. The van der Waals surface area contributed by atoms with E-state index in [9.17, 15) is 19.5 Å². The minimum absolute atomic E-state index is 0.242. The molecule has 0 bridgehead atoms. The van der Waals surface area contributed by atoms with E-state index in [2.05, 4.69) is 24.7 Å². The van der Waals surface area contributed by atoms with Crippen LogP contribution in [0.25, 0.3) is 0 Å². The quantitative estimate of drug-likeness (QED) is 0.673. The number of aliphatic carboxylic acids is 1. The summed E-state index contributed by atoms with van der Waals surface area (Å²) < 4.78 is 5.38. The highest BCUT2D eigenvalue weighted by atomic mass is 16.5. The predicted molar refractivity (Wildman–Crippen MR) is 95.4 cm³/mol. The number of carboxylic acid groups (broad SMARTS) is 1. The second-order valence-electron chi connectivity index (χ2n) is 6.89. The van der Waals surface area contributed by atoms with E-state index < -0.39 is 29.6 Å². The lowest BCUT2D eigenvalue weighted by Crippen LogP contribution is -2.49. The molecule has 1 aliphatic carbocycles. The zero-order valence-electron chi connectivity index (χ0n) is 15.2. The third-order valence-electron chi connectivity index (χ3n) is 4.66. The Kier molecular flexibility index (Phi) is 7.00. The Balaban J connectivity index is 1.77. The summed E-state index contributed by atoms with van der Waals surface area (Å²) >= 11 is 0. The van der Waals surface area contributed by atoms with Crippen LogP contribution in [0.1, 0.15) is 51.0 Å². The maximum Gasteiger partial charge on any atom is 0.307 e. The van der Waals surface area contributed by atoms with Gasteiger partial charge in [0, 0.05) is 0 Å². The highest BCUT2D eigenvalue weighted by Gasteiger charge is 2.35. The van der Waals surface area contributed by atoms with E-state index in [0.29, 0.717) is 24.5 Å². The van der Waals surface area contributed by atoms with Crippen molar-refractivity contribution in [2.24, 2.45) is 11.8 Å². The van der Waals surface area contributed by atoms with E-state index in [-0.39, 0.29) is 6.61 Å². The topological polar surface area (TPSA) is 105 Å². The van der Waals surface area contributed by atoms with Crippen molar-refractivity contribution in [3.8, 4) is 5.75 Å². The van der Waals surface area contributed by atoms with Crippen molar-refractivity contribution in [2.75, 3.05) is 6.61 Å². The molecule has 26 heavy (non-hydrogen) atoms. The molecule has 0 aromatic heterocycles. The van der Waals surface area contributed by atoms with Gasteiger partial charge in [0.05, 0.1) is 11.8 Å². The van der Waals surface area contributed by atoms with Crippen molar-refractivity contribution in [1.82, 2.24) is 10.9 Å². The molecule has 3 N–H and O–H groups in total. The molecular weight excluding hydrogens is 336 g/mol. The number of hydrazine groups is 1. The molecule has 2 atom stereocenters. The fraction of sp³-hybridized carbons (Fsp3) is 0.526. The number of carboxylic acids is 1. The first-order chi connectivity index (χ1) is 12.4. The van der Waals surface area contributed by atoms with Crippen LogP contribution in [0.5, 0.6) is 5.75 Å². The number of nitrogens with one attached hydrogen (secondary N) is 2. The largest absolute Gasteiger partial charge is 0.484 e. The van der Waals surface area contributed by atoms with E-state index in [0.717, 1.165) is 12.8 Å². The first-order valence-corrected chi connectivity index (χ1v) is 8.92. The van der Waals surface area contributed by atoms with Gasteiger partial charge in [0.15, 0.2) is 6.61 Å². The Labute approximate surface area is 153 Å². The standard InChI is InChI=1S/C19H26N2O5/c1-12(2)13-7-9-14(10-8-13)26-11-17(22)20-21-18(23)15-5-3-4-6-16(15)19(24)25/h7-10,12,15-16H,3-6,11H2,1-2H3,(H,20,22)(H,21,23)(H,24,25)/t15-,16-/m1/s1. The van der Waals surface area contributed by atoms with E-state index in [1.165, 1.54) is 5.56 Å². The van der Waals surface area contributed by atoms with Crippen LogP contribution in [0.3, 0.4) is 0 Å². The van der Waals surface area contributed by atoms with E-state index in [1.807, 2.05) is 12.1 Å². The lowest BCUT2D eigenvalue weighted by Gasteiger charge is -2.27. The number of amides is 2. The number of rotatable bonds is 6. The van der Waals surface area contributed by atoms with Gasteiger partial charge in [0.25, 0.3) is 5.91 Å². The molecule has 2 rings (SSSR count). The molecular formula is C19H26N2O5. The minimum Gasteiger partial charge on any atom is -0.484 e. The zero-order valence-corrected chi connectivity index (χ0v) is 15.2. The molecule has 0 radical (unpaired) electrons. The molecule has 0 saturated heterocycles. The van der Waals surface area contributed by atoms with Gasteiger partial charge in [0.2, 0.25) is 5.91 Å². The molecule has 7 heteroatoms. The second kappa shape index (κ2) is 9.22. The lowest BCUT2D eigenvalue weighted by molar-refractivity contribution is -0.149. The molecule has 0 aliphatic heterocycles. The highest BCUT2D eigenvalue weighted by Crippen LogP contribution is 2.30. The van der Waals surface area contributed by atoms with Gasteiger partial charge < -0.3 is 9.84 Å². The lowest BCUT2D eigenvalue weighted by atomic mass is 9.79. The summed E-state index contributed by atoms with van der Waals surface area (Å²) in [7, 11) is 0. The monoisotopic (exact) mass is 362 g/mol. The predicted octanol–water partition coefficient (Wildman–Crippen LogP) is 2.23. The van der Waals surface area contributed by atoms with Crippen LogP contribution >= 0.6 is 0 Å². The van der Waals surface area contributed by atoms with Crippen LogP contribution in [-0.4, -0.2) is 29.5 Å². The third-order valence-corrected chi connectivity index (χ3v) is 4.66. The molecule has 1 aromatic rings. The molecule has 0 heterocycles. The Bertz CT molecular complexity index is 642. The summed E-state index contributed by atoms with van der Waals surface area (Å²) in [5.74, 6) is -2.28. The molecule has 1 aromatic carbocycles. The summed E-state index contributed by atoms with van der Waals surface area (Å²) in [6.45, 7) is 3.94. The van der Waals surface area contributed by atoms with Gasteiger partial charge in [-0.15, -0.1) is 0 Å². The summed E-state index contributed by atoms with van der Waals surface area (Å²) in [5.41, 5.74) is 5.77. The Morgan fingerprint density at radius 3 is 2.27 bits per heavy atom. The van der Waals surface area contributed by atoms with Crippen LogP contribution in [0.15, 0.2) is 24.3 Å². The smallest absolute Gasteiger partial charge is 0.307 e. The van der Waals surface area contributed by atoms with Crippen molar-refractivity contribution in [3.63, 3.8) is 0 Å². The number of hydrogen-bond acceptors (Lipinski definition) is 4. The molecule has 2 amide bonds. The molecule has 7 nitrogen and oxygen atoms in total. The normalized spacial score (nSPS) is 19.7. The van der Waals surface area contributed by atoms with Gasteiger partial charge >= 0.3 is 5.97 Å². The average Bonchev–Trinajstić information content (AvgIpc) is 2.64. The van der Waals surface area contributed by atoms with Crippen molar-refractivity contribution in [2.45, 2.75) is 45.4 Å². The van der Waals surface area contributed by atoms with E-state index >= 15 is 0 Å². The first kappa shape index (κ1) is 19.8. The van der Waals surface area contributed by atoms with Gasteiger partial charge in [-0.3, -0.25) is 25.2 Å². The zero-order chi connectivity index (χ0) is 19.1. The second-order valence-corrected chi connectivity index (χ2v) is 6.89. The summed E-state index contributed by atoms with van der Waals surface area (Å²) in [4.78, 5) is 35.2. The number of ether oxygens (including phenoxy) is 1. The molecule has 1 aliphatic rings. The summed E-state index contributed by atoms with van der Waals surface area (Å²) in [6, 6.07) is 7.46. The van der Waals surface area contributed by atoms with Gasteiger partial charge in [0.1, 0.15) is 5.75 Å². The Morgan fingerprint density at radius 1 is 1.08 bits per heavy atom. The van der Waals surface area contributed by atoms with Gasteiger partial charge in [-0.1, -0.05) is 38.8 Å². The van der Waals surface area contributed by atoms with Crippen molar-refractivity contribution >= 4 is 17.8 Å². The summed E-state index contributed by atoms with van der Waals surface area (Å²) in [5, 5.41) is 9.21. The SMILES string of the molecule is CC(C)c1ccc(OCC(=O)NNC(=O)[C@@H]2CCCC[C@H]2C(=O)O)cc1. The Hall–Kier alpha value is -2.57. The van der Waals surface area contributed by atoms with Crippen LogP contribution < -0.4 is 15.6 Å². The fourth-order valence-electron chi connectivity index (χ4n) is 3.10. The maximum absolute atomic E-state index is 12.2. The molecule has 0 unspecified atom stereocenters. The fourth-order valence-corrected chi connectivity index (χ4v) is 3.10. The first-order valence-electron chi connectivity index (χ1n) is 8.92. The molecule has 142 valence electrons. The molecule has 1 saturated carbocycles. The molecule has 1 fully saturated rings. The van der Waals surface area contributed by atoms with Crippen molar-refractivity contribution < 1.29 is 24.2 Å². The Morgan fingerprint density at radius 2 is 1.69 bits per heavy atom. The minimum atomic E-state index is -0.968.